The Kier molecular flexibility index (Phi) is 4.65. The lowest BCUT2D eigenvalue weighted by Crippen LogP contribution is -2.49. The van der Waals surface area contributed by atoms with Crippen molar-refractivity contribution in [3.8, 4) is 0 Å². The largest absolute Gasteiger partial charge is 0.346 e. The lowest BCUT2D eigenvalue weighted by molar-refractivity contribution is 0.193. The van der Waals surface area contributed by atoms with Crippen molar-refractivity contribution >= 4 is 28.1 Å². The number of aromatic nitrogens is 1. The van der Waals surface area contributed by atoms with E-state index >= 15 is 0 Å². The number of alkyl halides is 1. The van der Waals surface area contributed by atoms with Crippen LogP contribution in [0.4, 0.5) is 5.13 Å². The fourth-order valence-electron chi connectivity index (χ4n) is 2.12. The van der Waals surface area contributed by atoms with E-state index in [9.17, 15) is 0 Å². The predicted octanol–water partition coefficient (Wildman–Crippen LogP) is 2.80. The maximum absolute atomic E-state index is 5.78. The zero-order valence-corrected chi connectivity index (χ0v) is 12.1. The van der Waals surface area contributed by atoms with Gasteiger partial charge in [0.1, 0.15) is 0 Å². The van der Waals surface area contributed by atoms with E-state index in [2.05, 4.69) is 34.0 Å². The van der Waals surface area contributed by atoms with Crippen molar-refractivity contribution in [1.29, 1.82) is 0 Å². The van der Waals surface area contributed by atoms with Crippen molar-refractivity contribution in [2.45, 2.75) is 32.2 Å². The quantitative estimate of drug-likeness (QED) is 0.787. The van der Waals surface area contributed by atoms with Gasteiger partial charge in [-0.1, -0.05) is 6.92 Å². The van der Waals surface area contributed by atoms with Crippen LogP contribution >= 0.6 is 22.9 Å². The smallest absolute Gasteiger partial charge is 0.185 e. The zero-order valence-electron chi connectivity index (χ0n) is 10.5. The second-order valence-electron chi connectivity index (χ2n) is 4.54. The van der Waals surface area contributed by atoms with Gasteiger partial charge in [0.25, 0.3) is 0 Å². The molecule has 5 heteroatoms. The van der Waals surface area contributed by atoms with Crippen LogP contribution in [0, 0.1) is 0 Å². The normalized spacial score (nSPS) is 19.6. The van der Waals surface area contributed by atoms with Crippen LogP contribution in [-0.2, 0) is 5.88 Å². The molecule has 1 aliphatic heterocycles. The first kappa shape index (κ1) is 13.1. The van der Waals surface area contributed by atoms with Crippen LogP contribution < -0.4 is 4.90 Å². The number of piperazine rings is 1. The Hall–Kier alpha value is -0.320. The Morgan fingerprint density at radius 1 is 1.41 bits per heavy atom. The van der Waals surface area contributed by atoms with E-state index in [1.165, 1.54) is 6.42 Å². The first-order valence-electron chi connectivity index (χ1n) is 6.24. The van der Waals surface area contributed by atoms with E-state index in [0.29, 0.717) is 11.9 Å². The molecule has 96 valence electrons. The third-order valence-corrected chi connectivity index (χ3v) is 4.70. The molecule has 2 rings (SSSR count). The summed E-state index contributed by atoms with van der Waals surface area (Å²) in [5.41, 5.74) is 0.996. The summed E-state index contributed by atoms with van der Waals surface area (Å²) in [6, 6.07) is 0.701. The van der Waals surface area contributed by atoms with Gasteiger partial charge in [-0.2, -0.15) is 0 Å². The molecule has 1 aromatic rings. The molecule has 3 nitrogen and oxygen atoms in total. The van der Waals surface area contributed by atoms with Crippen LogP contribution in [0.5, 0.6) is 0 Å². The summed E-state index contributed by atoms with van der Waals surface area (Å²) in [6.07, 6.45) is 1.23. The number of thiazole rings is 1. The highest BCUT2D eigenvalue weighted by atomic mass is 35.5. The van der Waals surface area contributed by atoms with Gasteiger partial charge >= 0.3 is 0 Å². The molecule has 1 saturated heterocycles. The highest BCUT2D eigenvalue weighted by Gasteiger charge is 2.21. The van der Waals surface area contributed by atoms with E-state index in [1.807, 2.05) is 0 Å². The van der Waals surface area contributed by atoms with E-state index in [-0.39, 0.29) is 0 Å². The first-order chi connectivity index (χ1) is 8.24. The fourth-order valence-corrected chi connectivity index (χ4v) is 3.22. The molecule has 1 aromatic heterocycles. The van der Waals surface area contributed by atoms with Gasteiger partial charge in [-0.25, -0.2) is 4.98 Å². The fraction of sp³-hybridized carbons (Fsp3) is 0.750. The second kappa shape index (κ2) is 6.03. The second-order valence-corrected chi connectivity index (χ2v) is 5.64. The highest BCUT2D eigenvalue weighted by Crippen LogP contribution is 2.23. The van der Waals surface area contributed by atoms with Gasteiger partial charge in [-0.05, 0) is 13.3 Å². The van der Waals surface area contributed by atoms with Crippen molar-refractivity contribution < 1.29 is 0 Å². The molecule has 2 heterocycles. The third-order valence-electron chi connectivity index (χ3n) is 3.48. The minimum Gasteiger partial charge on any atom is -0.346 e. The van der Waals surface area contributed by atoms with Crippen molar-refractivity contribution in [3.05, 3.63) is 11.1 Å². The Balaban J connectivity index is 1.90. The summed E-state index contributed by atoms with van der Waals surface area (Å²) in [5.74, 6) is 0.517. The molecule has 0 aromatic carbocycles. The zero-order chi connectivity index (χ0) is 12.3. The first-order valence-corrected chi connectivity index (χ1v) is 7.65. The van der Waals surface area contributed by atoms with Gasteiger partial charge in [-0.15, -0.1) is 22.9 Å². The molecule has 1 unspecified atom stereocenters. The predicted molar refractivity (Wildman–Crippen MR) is 75.2 cm³/mol. The maximum Gasteiger partial charge on any atom is 0.185 e. The number of hydrogen-bond donors (Lipinski definition) is 0. The van der Waals surface area contributed by atoms with Crippen molar-refractivity contribution in [2.24, 2.45) is 0 Å². The number of anilines is 1. The Bertz CT molecular complexity index is 347. The van der Waals surface area contributed by atoms with Gasteiger partial charge < -0.3 is 4.90 Å². The monoisotopic (exact) mass is 273 g/mol. The van der Waals surface area contributed by atoms with Gasteiger partial charge in [0.05, 0.1) is 11.6 Å². The Morgan fingerprint density at radius 2 is 2.12 bits per heavy atom. The van der Waals surface area contributed by atoms with E-state index < -0.39 is 0 Å². The lowest BCUT2D eigenvalue weighted by Gasteiger charge is -2.37. The lowest BCUT2D eigenvalue weighted by atomic mass is 10.2. The van der Waals surface area contributed by atoms with E-state index in [1.54, 1.807) is 11.3 Å². The molecular weight excluding hydrogens is 254 g/mol. The van der Waals surface area contributed by atoms with Crippen LogP contribution in [0.25, 0.3) is 0 Å². The van der Waals surface area contributed by atoms with Gasteiger partial charge in [0.2, 0.25) is 0 Å². The van der Waals surface area contributed by atoms with Gasteiger partial charge in [0, 0.05) is 37.6 Å². The molecule has 0 amide bonds. The van der Waals surface area contributed by atoms with Crippen LogP contribution in [-0.4, -0.2) is 42.1 Å². The molecule has 17 heavy (non-hydrogen) atoms. The number of halogens is 1. The average molecular weight is 274 g/mol. The Labute approximate surface area is 112 Å². The standard InChI is InChI=1S/C12H20ClN3S/c1-3-10(2)15-4-6-16(7-5-15)12-14-11(8-13)9-17-12/h9-10H,3-8H2,1-2H3. The minimum absolute atomic E-state index is 0.517. The SMILES string of the molecule is CCC(C)N1CCN(c2nc(CCl)cs2)CC1. The van der Waals surface area contributed by atoms with Crippen LogP contribution in [0.2, 0.25) is 0 Å². The molecule has 0 N–H and O–H groups in total. The molecule has 0 radical (unpaired) electrons. The molecular formula is C12H20ClN3S. The summed E-state index contributed by atoms with van der Waals surface area (Å²) in [4.78, 5) is 9.47. The summed E-state index contributed by atoms with van der Waals surface area (Å²) < 4.78 is 0. The average Bonchev–Trinajstić information content (AvgIpc) is 2.87. The van der Waals surface area contributed by atoms with Crippen LogP contribution in [0.15, 0.2) is 5.38 Å². The van der Waals surface area contributed by atoms with E-state index in [0.717, 1.165) is 37.0 Å². The van der Waals surface area contributed by atoms with Crippen molar-refractivity contribution in [3.63, 3.8) is 0 Å². The van der Waals surface area contributed by atoms with Gasteiger partial charge in [-0.3, -0.25) is 4.90 Å². The Morgan fingerprint density at radius 3 is 2.65 bits per heavy atom. The van der Waals surface area contributed by atoms with Crippen molar-refractivity contribution in [2.75, 3.05) is 31.1 Å². The summed E-state index contributed by atoms with van der Waals surface area (Å²) in [6.45, 7) is 9.02. The van der Waals surface area contributed by atoms with Gasteiger partial charge in [0.15, 0.2) is 5.13 Å². The molecule has 0 saturated carbocycles. The molecule has 0 aliphatic carbocycles. The van der Waals surface area contributed by atoms with Crippen LogP contribution in [0.1, 0.15) is 26.0 Å². The molecule has 0 spiro atoms. The maximum atomic E-state index is 5.78. The van der Waals surface area contributed by atoms with E-state index in [4.69, 9.17) is 11.6 Å². The molecule has 1 aliphatic rings. The molecule has 0 bridgehead atoms. The summed E-state index contributed by atoms with van der Waals surface area (Å²) in [5, 5.41) is 3.19. The molecule has 1 atom stereocenters. The van der Waals surface area contributed by atoms with Crippen molar-refractivity contribution in [1.82, 2.24) is 9.88 Å². The van der Waals surface area contributed by atoms with Crippen LogP contribution in [0.3, 0.4) is 0 Å². The molecule has 1 fully saturated rings. The number of hydrogen-bond acceptors (Lipinski definition) is 4. The third kappa shape index (κ3) is 3.12. The number of nitrogens with zero attached hydrogens (tertiary/aromatic N) is 3. The summed E-state index contributed by atoms with van der Waals surface area (Å²) >= 11 is 7.49. The number of rotatable bonds is 4. The summed E-state index contributed by atoms with van der Waals surface area (Å²) in [7, 11) is 0. The highest BCUT2D eigenvalue weighted by molar-refractivity contribution is 7.13. The minimum atomic E-state index is 0.517. The topological polar surface area (TPSA) is 19.4 Å².